The Morgan fingerprint density at radius 3 is 2.53 bits per heavy atom. The van der Waals surface area contributed by atoms with Crippen molar-refractivity contribution in [2.75, 3.05) is 12.8 Å². The Balaban J connectivity index is 2.49. The van der Waals surface area contributed by atoms with Crippen LogP contribution in [0.15, 0.2) is 18.3 Å². The van der Waals surface area contributed by atoms with Gasteiger partial charge < -0.3 is 15.0 Å². The maximum absolute atomic E-state index is 6.22. The number of anilines is 1. The van der Waals surface area contributed by atoms with Gasteiger partial charge in [0.05, 0.1) is 7.11 Å². The van der Waals surface area contributed by atoms with Crippen LogP contribution in [-0.4, -0.2) is 21.6 Å². The lowest BCUT2D eigenvalue weighted by Gasteiger charge is -2.12. The third kappa shape index (κ3) is 2.41. The van der Waals surface area contributed by atoms with E-state index in [1.165, 1.54) is 0 Å². The van der Waals surface area contributed by atoms with E-state index in [0.29, 0.717) is 17.7 Å². The molecule has 5 nitrogen and oxygen atoms in total. The van der Waals surface area contributed by atoms with Gasteiger partial charge >= 0.3 is 0 Å². The lowest BCUT2D eigenvalue weighted by Crippen LogP contribution is -2.08. The van der Waals surface area contributed by atoms with Crippen molar-refractivity contribution in [3.05, 3.63) is 24.2 Å². The topological polar surface area (TPSA) is 66.0 Å². The number of rotatable bonds is 4. The number of imidazole rings is 1. The second-order valence-electron chi connectivity index (χ2n) is 4.67. The first-order valence-corrected chi connectivity index (χ1v) is 6.45. The van der Waals surface area contributed by atoms with Crippen molar-refractivity contribution in [3.63, 3.8) is 0 Å². The van der Waals surface area contributed by atoms with E-state index >= 15 is 0 Å². The van der Waals surface area contributed by atoms with E-state index in [1.54, 1.807) is 13.3 Å². The van der Waals surface area contributed by atoms with E-state index in [4.69, 9.17) is 10.5 Å². The van der Waals surface area contributed by atoms with E-state index in [-0.39, 0.29) is 0 Å². The number of aryl methyl sites for hydroxylation is 1. The number of aromatic nitrogens is 3. The summed E-state index contributed by atoms with van der Waals surface area (Å²) in [4.78, 5) is 8.83. The first kappa shape index (κ1) is 13.4. The van der Waals surface area contributed by atoms with Gasteiger partial charge in [-0.15, -0.1) is 0 Å². The second kappa shape index (κ2) is 5.30. The maximum atomic E-state index is 6.22. The Morgan fingerprint density at radius 1 is 1.37 bits per heavy atom. The fraction of sp³-hybridized carbons (Fsp3) is 0.429. The van der Waals surface area contributed by atoms with Crippen molar-refractivity contribution in [1.29, 1.82) is 0 Å². The molecule has 0 saturated carbocycles. The van der Waals surface area contributed by atoms with Crippen LogP contribution in [0, 0.1) is 0 Å². The van der Waals surface area contributed by atoms with Crippen molar-refractivity contribution in [1.82, 2.24) is 14.5 Å². The highest BCUT2D eigenvalue weighted by atomic mass is 16.5. The highest BCUT2D eigenvalue weighted by Gasteiger charge is 2.17. The number of hydrogen-bond donors (Lipinski definition) is 1. The number of ether oxygens (including phenoxy) is 1. The van der Waals surface area contributed by atoms with Crippen LogP contribution in [0.4, 0.5) is 5.82 Å². The zero-order valence-corrected chi connectivity index (χ0v) is 11.8. The summed E-state index contributed by atoms with van der Waals surface area (Å²) in [6.45, 7) is 6.29. The summed E-state index contributed by atoms with van der Waals surface area (Å²) in [5, 5.41) is 0. The van der Waals surface area contributed by atoms with Gasteiger partial charge in [-0.25, -0.2) is 9.97 Å². The Labute approximate surface area is 113 Å². The third-order valence-electron chi connectivity index (χ3n) is 3.07. The maximum Gasteiger partial charge on any atom is 0.212 e. The molecule has 0 fully saturated rings. The normalized spacial score (nSPS) is 11.0. The molecule has 0 aliphatic heterocycles. The van der Waals surface area contributed by atoms with E-state index in [1.807, 2.05) is 12.1 Å². The number of nitrogens with zero attached hydrogens (tertiary/aromatic N) is 3. The molecule has 0 amide bonds. The first-order valence-electron chi connectivity index (χ1n) is 6.45. The first-order chi connectivity index (χ1) is 9.08. The minimum atomic E-state index is 0.294. The molecule has 0 bridgehead atoms. The van der Waals surface area contributed by atoms with E-state index in [2.05, 4.69) is 35.3 Å². The predicted molar refractivity (Wildman–Crippen MR) is 76.2 cm³/mol. The van der Waals surface area contributed by atoms with Crippen LogP contribution in [0.2, 0.25) is 0 Å². The largest absolute Gasteiger partial charge is 0.481 e. The SMILES string of the molecule is CCc1nc(-c2ccc(OC)nc2)c(N)n1C(C)C. The lowest BCUT2D eigenvalue weighted by atomic mass is 10.2. The monoisotopic (exact) mass is 260 g/mol. The molecule has 2 heterocycles. The molecule has 0 aliphatic rings. The summed E-state index contributed by atoms with van der Waals surface area (Å²) in [5.41, 5.74) is 7.93. The molecule has 2 N–H and O–H groups in total. The molecule has 2 aromatic rings. The van der Waals surface area contributed by atoms with E-state index in [0.717, 1.165) is 23.5 Å². The summed E-state index contributed by atoms with van der Waals surface area (Å²) in [6, 6.07) is 4.03. The highest BCUT2D eigenvalue weighted by molar-refractivity contribution is 5.70. The third-order valence-corrected chi connectivity index (χ3v) is 3.07. The minimum Gasteiger partial charge on any atom is -0.481 e. The van der Waals surface area contributed by atoms with Gasteiger partial charge in [-0.2, -0.15) is 0 Å². The van der Waals surface area contributed by atoms with Crippen LogP contribution >= 0.6 is 0 Å². The molecular formula is C14H20N4O. The molecule has 0 spiro atoms. The van der Waals surface area contributed by atoms with Gasteiger partial charge in [-0.1, -0.05) is 6.92 Å². The highest BCUT2D eigenvalue weighted by Crippen LogP contribution is 2.29. The van der Waals surface area contributed by atoms with Crippen molar-refractivity contribution >= 4 is 5.82 Å². The minimum absolute atomic E-state index is 0.294. The number of pyridine rings is 1. The average Bonchev–Trinajstić information content (AvgIpc) is 2.76. The Morgan fingerprint density at radius 2 is 2.11 bits per heavy atom. The number of hydrogen-bond acceptors (Lipinski definition) is 4. The zero-order chi connectivity index (χ0) is 14.0. The second-order valence-corrected chi connectivity index (χ2v) is 4.67. The predicted octanol–water partition coefficient (Wildman–Crippen LogP) is 2.68. The summed E-state index contributed by atoms with van der Waals surface area (Å²) in [7, 11) is 1.60. The van der Waals surface area contributed by atoms with Crippen LogP contribution in [0.1, 0.15) is 32.6 Å². The molecule has 5 heteroatoms. The standard InChI is InChI=1S/C14H20N4O/c1-5-11-17-13(14(15)18(11)9(2)3)10-6-7-12(19-4)16-8-10/h6-9H,5,15H2,1-4H3. The van der Waals surface area contributed by atoms with E-state index in [9.17, 15) is 0 Å². The van der Waals surface area contributed by atoms with Gasteiger partial charge in [0.2, 0.25) is 5.88 Å². The summed E-state index contributed by atoms with van der Waals surface area (Å²) < 4.78 is 7.12. The van der Waals surface area contributed by atoms with E-state index < -0.39 is 0 Å². The van der Waals surface area contributed by atoms with Crippen LogP contribution in [-0.2, 0) is 6.42 Å². The number of methoxy groups -OCH3 is 1. The van der Waals surface area contributed by atoms with Crippen molar-refractivity contribution in [2.24, 2.45) is 0 Å². The molecule has 102 valence electrons. The van der Waals surface area contributed by atoms with Crippen LogP contribution in [0.3, 0.4) is 0 Å². The van der Waals surface area contributed by atoms with Crippen LogP contribution < -0.4 is 10.5 Å². The van der Waals surface area contributed by atoms with Crippen molar-refractivity contribution in [3.8, 4) is 17.1 Å². The smallest absolute Gasteiger partial charge is 0.212 e. The quantitative estimate of drug-likeness (QED) is 0.917. The molecule has 0 aromatic carbocycles. The fourth-order valence-corrected chi connectivity index (χ4v) is 2.17. The van der Waals surface area contributed by atoms with Crippen molar-refractivity contribution in [2.45, 2.75) is 33.2 Å². The molecule has 0 radical (unpaired) electrons. The van der Waals surface area contributed by atoms with Gasteiger partial charge in [0.1, 0.15) is 17.3 Å². The van der Waals surface area contributed by atoms with Crippen LogP contribution in [0.25, 0.3) is 11.3 Å². The lowest BCUT2D eigenvalue weighted by molar-refractivity contribution is 0.398. The summed E-state index contributed by atoms with van der Waals surface area (Å²) in [5.74, 6) is 2.28. The van der Waals surface area contributed by atoms with Crippen LogP contribution in [0.5, 0.6) is 5.88 Å². The molecule has 0 unspecified atom stereocenters. The summed E-state index contributed by atoms with van der Waals surface area (Å²) >= 11 is 0. The Bertz CT molecular complexity index is 558. The number of nitrogen functional groups attached to an aromatic ring is 1. The molecule has 0 atom stereocenters. The van der Waals surface area contributed by atoms with Gasteiger partial charge in [0, 0.05) is 30.3 Å². The average molecular weight is 260 g/mol. The Hall–Kier alpha value is -2.04. The molecule has 2 aromatic heterocycles. The number of nitrogens with two attached hydrogens (primary N) is 1. The van der Waals surface area contributed by atoms with Gasteiger partial charge in [0.15, 0.2) is 0 Å². The van der Waals surface area contributed by atoms with Crippen molar-refractivity contribution < 1.29 is 4.74 Å². The van der Waals surface area contributed by atoms with Gasteiger partial charge in [0.25, 0.3) is 0 Å². The van der Waals surface area contributed by atoms with Gasteiger partial charge in [-0.3, -0.25) is 0 Å². The fourth-order valence-electron chi connectivity index (χ4n) is 2.17. The molecule has 2 rings (SSSR count). The summed E-state index contributed by atoms with van der Waals surface area (Å²) in [6.07, 6.45) is 2.59. The van der Waals surface area contributed by atoms with Gasteiger partial charge in [-0.05, 0) is 19.9 Å². The molecule has 0 aliphatic carbocycles. The molecular weight excluding hydrogens is 240 g/mol. The Kier molecular flexibility index (Phi) is 3.74. The zero-order valence-electron chi connectivity index (χ0n) is 11.8. The molecule has 0 saturated heterocycles. The molecule has 19 heavy (non-hydrogen) atoms.